The summed E-state index contributed by atoms with van der Waals surface area (Å²) in [7, 11) is 5.13. The number of rotatable bonds is 5. The van der Waals surface area contributed by atoms with Crippen LogP contribution in [0.5, 0.6) is 11.5 Å². The first-order valence-corrected chi connectivity index (χ1v) is 7.27. The highest BCUT2D eigenvalue weighted by molar-refractivity contribution is 5.96. The molecule has 5 nitrogen and oxygen atoms in total. The quantitative estimate of drug-likeness (QED) is 0.897. The van der Waals surface area contributed by atoms with Gasteiger partial charge >= 0.3 is 0 Å². The molecule has 0 spiro atoms. The van der Waals surface area contributed by atoms with Crippen LogP contribution < -0.4 is 14.8 Å². The van der Waals surface area contributed by atoms with E-state index in [0.29, 0.717) is 23.0 Å². The van der Waals surface area contributed by atoms with Gasteiger partial charge in [-0.25, -0.2) is 0 Å². The Balaban J connectivity index is 2.20. The zero-order valence-electron chi connectivity index (χ0n) is 13.2. The van der Waals surface area contributed by atoms with Crippen molar-refractivity contribution < 1.29 is 14.3 Å². The molecule has 1 aliphatic heterocycles. The number of aryl methyl sites for hydroxylation is 1. The predicted molar refractivity (Wildman–Crippen MR) is 82.2 cm³/mol. The fourth-order valence-electron chi connectivity index (χ4n) is 2.85. The van der Waals surface area contributed by atoms with E-state index in [4.69, 9.17) is 9.47 Å². The Bertz CT molecular complexity index is 516. The van der Waals surface area contributed by atoms with Gasteiger partial charge in [0, 0.05) is 18.7 Å². The molecular formula is C16H24N2O3. The molecule has 1 amide bonds. The molecule has 5 heteroatoms. The van der Waals surface area contributed by atoms with Gasteiger partial charge in [0.05, 0.1) is 14.2 Å². The van der Waals surface area contributed by atoms with Gasteiger partial charge in [-0.3, -0.25) is 4.79 Å². The van der Waals surface area contributed by atoms with Crippen molar-refractivity contribution in [2.75, 3.05) is 40.9 Å². The van der Waals surface area contributed by atoms with Gasteiger partial charge in [-0.15, -0.1) is 0 Å². The molecule has 0 radical (unpaired) electrons. The van der Waals surface area contributed by atoms with Gasteiger partial charge in [-0.1, -0.05) is 0 Å². The summed E-state index contributed by atoms with van der Waals surface area (Å²) in [5, 5.41) is 3.18. The van der Waals surface area contributed by atoms with E-state index in [2.05, 4.69) is 5.32 Å². The lowest BCUT2D eigenvalue weighted by Crippen LogP contribution is -2.30. The lowest BCUT2D eigenvalue weighted by atomic mass is 10.1. The molecule has 1 N–H and O–H groups in total. The summed E-state index contributed by atoms with van der Waals surface area (Å²) in [5.41, 5.74) is 1.60. The standard InChI is InChI=1S/C16H24N2O3/c1-11-7-14(20-3)15(21-4)8-13(11)16(19)18-6-5-12(10-18)9-17-2/h7-8,12,17H,5-6,9-10H2,1-4H3/t12-/m0/s1. The second kappa shape index (κ2) is 6.80. The number of likely N-dealkylation sites (tertiary alicyclic amines) is 1. The van der Waals surface area contributed by atoms with E-state index in [1.807, 2.05) is 24.9 Å². The van der Waals surface area contributed by atoms with Crippen molar-refractivity contribution in [1.29, 1.82) is 0 Å². The molecule has 116 valence electrons. The summed E-state index contributed by atoms with van der Waals surface area (Å²) in [6.45, 7) is 4.51. The van der Waals surface area contributed by atoms with Crippen molar-refractivity contribution in [2.24, 2.45) is 5.92 Å². The first-order chi connectivity index (χ1) is 10.1. The maximum absolute atomic E-state index is 12.7. The van der Waals surface area contributed by atoms with Gasteiger partial charge in [0.25, 0.3) is 5.91 Å². The highest BCUT2D eigenvalue weighted by atomic mass is 16.5. The average Bonchev–Trinajstić information content (AvgIpc) is 2.95. The molecule has 1 saturated heterocycles. The monoisotopic (exact) mass is 292 g/mol. The Hall–Kier alpha value is -1.75. The molecule has 0 bridgehead atoms. The number of methoxy groups -OCH3 is 2. The number of nitrogens with one attached hydrogen (secondary N) is 1. The molecule has 21 heavy (non-hydrogen) atoms. The largest absolute Gasteiger partial charge is 0.493 e. The van der Waals surface area contributed by atoms with Gasteiger partial charge < -0.3 is 19.7 Å². The smallest absolute Gasteiger partial charge is 0.254 e. The van der Waals surface area contributed by atoms with Crippen molar-refractivity contribution >= 4 is 5.91 Å². The van der Waals surface area contributed by atoms with Gasteiger partial charge in [-0.2, -0.15) is 0 Å². The average molecular weight is 292 g/mol. The minimum atomic E-state index is 0.0760. The van der Waals surface area contributed by atoms with Crippen molar-refractivity contribution in [3.05, 3.63) is 23.3 Å². The van der Waals surface area contributed by atoms with Crippen LogP contribution in [0.1, 0.15) is 22.3 Å². The van der Waals surface area contributed by atoms with Crippen LogP contribution >= 0.6 is 0 Å². The van der Waals surface area contributed by atoms with E-state index < -0.39 is 0 Å². The number of nitrogens with zero attached hydrogens (tertiary/aromatic N) is 1. The molecule has 1 aromatic rings. The molecule has 0 aliphatic carbocycles. The topological polar surface area (TPSA) is 50.8 Å². The van der Waals surface area contributed by atoms with Gasteiger partial charge in [0.1, 0.15) is 0 Å². The van der Waals surface area contributed by atoms with Gasteiger partial charge in [0.2, 0.25) is 0 Å². The van der Waals surface area contributed by atoms with E-state index in [-0.39, 0.29) is 5.91 Å². The first-order valence-electron chi connectivity index (χ1n) is 7.27. The summed E-state index contributed by atoms with van der Waals surface area (Å²) in [4.78, 5) is 14.6. The first kappa shape index (κ1) is 15.6. The molecule has 1 atom stereocenters. The summed E-state index contributed by atoms with van der Waals surface area (Å²) in [6.07, 6.45) is 1.05. The summed E-state index contributed by atoms with van der Waals surface area (Å²) < 4.78 is 10.6. The third kappa shape index (κ3) is 3.29. The molecule has 1 heterocycles. The van der Waals surface area contributed by atoms with Crippen LogP contribution in [-0.2, 0) is 0 Å². The summed E-state index contributed by atoms with van der Waals surface area (Å²) in [6, 6.07) is 3.63. The summed E-state index contributed by atoms with van der Waals surface area (Å²) in [5.74, 6) is 1.87. The Morgan fingerprint density at radius 1 is 1.33 bits per heavy atom. The SMILES string of the molecule is CNC[C@@H]1CCN(C(=O)c2cc(OC)c(OC)cc2C)C1. The molecule has 1 aliphatic rings. The highest BCUT2D eigenvalue weighted by Gasteiger charge is 2.27. The van der Waals surface area contributed by atoms with Crippen LogP contribution in [0.2, 0.25) is 0 Å². The van der Waals surface area contributed by atoms with E-state index in [1.165, 1.54) is 0 Å². The molecule has 1 aromatic carbocycles. The van der Waals surface area contributed by atoms with Crippen LogP contribution in [0.15, 0.2) is 12.1 Å². The van der Waals surface area contributed by atoms with Crippen LogP contribution in [0.25, 0.3) is 0 Å². The Kier molecular flexibility index (Phi) is 5.07. The summed E-state index contributed by atoms with van der Waals surface area (Å²) >= 11 is 0. The second-order valence-electron chi connectivity index (χ2n) is 5.49. The van der Waals surface area contributed by atoms with Crippen molar-refractivity contribution in [3.63, 3.8) is 0 Å². The molecule has 0 aromatic heterocycles. The van der Waals surface area contributed by atoms with Crippen LogP contribution in [0, 0.1) is 12.8 Å². The predicted octanol–water partition coefficient (Wildman–Crippen LogP) is 1.69. The minimum absolute atomic E-state index is 0.0760. The van der Waals surface area contributed by atoms with Crippen molar-refractivity contribution in [1.82, 2.24) is 10.2 Å². The van der Waals surface area contributed by atoms with Gasteiger partial charge in [-0.05, 0) is 50.6 Å². The third-order valence-electron chi connectivity index (χ3n) is 4.03. The molecule has 1 fully saturated rings. The zero-order chi connectivity index (χ0) is 15.4. The lowest BCUT2D eigenvalue weighted by Gasteiger charge is -2.19. The van der Waals surface area contributed by atoms with Gasteiger partial charge in [0.15, 0.2) is 11.5 Å². The third-order valence-corrected chi connectivity index (χ3v) is 4.03. The number of carbonyl (C=O) groups is 1. The normalized spacial score (nSPS) is 17.9. The number of hydrogen-bond acceptors (Lipinski definition) is 4. The van der Waals surface area contributed by atoms with E-state index >= 15 is 0 Å². The Morgan fingerprint density at radius 3 is 2.62 bits per heavy atom. The fourth-order valence-corrected chi connectivity index (χ4v) is 2.85. The number of amides is 1. The van der Waals surface area contributed by atoms with Crippen molar-refractivity contribution in [2.45, 2.75) is 13.3 Å². The maximum atomic E-state index is 12.7. The molecule has 0 unspecified atom stereocenters. The molecular weight excluding hydrogens is 268 g/mol. The zero-order valence-corrected chi connectivity index (χ0v) is 13.2. The lowest BCUT2D eigenvalue weighted by molar-refractivity contribution is 0.0786. The Labute approximate surface area is 126 Å². The second-order valence-corrected chi connectivity index (χ2v) is 5.49. The van der Waals surface area contributed by atoms with Crippen LogP contribution in [0.4, 0.5) is 0 Å². The molecule has 2 rings (SSSR count). The number of benzene rings is 1. The highest BCUT2D eigenvalue weighted by Crippen LogP contribution is 2.31. The molecule has 0 saturated carbocycles. The van der Waals surface area contributed by atoms with Crippen LogP contribution in [0.3, 0.4) is 0 Å². The minimum Gasteiger partial charge on any atom is -0.493 e. The van der Waals surface area contributed by atoms with E-state index in [9.17, 15) is 4.79 Å². The Morgan fingerprint density at radius 2 is 2.00 bits per heavy atom. The number of carbonyl (C=O) groups excluding carboxylic acids is 1. The van der Waals surface area contributed by atoms with E-state index in [0.717, 1.165) is 31.6 Å². The maximum Gasteiger partial charge on any atom is 0.254 e. The van der Waals surface area contributed by atoms with Crippen LogP contribution in [-0.4, -0.2) is 51.7 Å². The number of hydrogen-bond donors (Lipinski definition) is 1. The van der Waals surface area contributed by atoms with E-state index in [1.54, 1.807) is 20.3 Å². The fraction of sp³-hybridized carbons (Fsp3) is 0.562. The van der Waals surface area contributed by atoms with Crippen molar-refractivity contribution in [3.8, 4) is 11.5 Å². The number of ether oxygens (including phenoxy) is 2.